The fourth-order valence-corrected chi connectivity index (χ4v) is 3.95. The smallest absolute Gasteiger partial charge is 0.226 e. The predicted molar refractivity (Wildman–Crippen MR) is 125 cm³/mol. The van der Waals surface area contributed by atoms with Gasteiger partial charge in [0, 0.05) is 23.2 Å². The van der Waals surface area contributed by atoms with Crippen LogP contribution in [0.15, 0.2) is 46.9 Å². The van der Waals surface area contributed by atoms with Gasteiger partial charge in [0.2, 0.25) is 11.7 Å². The summed E-state index contributed by atoms with van der Waals surface area (Å²) in [6.07, 6.45) is 3.29. The van der Waals surface area contributed by atoms with Gasteiger partial charge in [-0.1, -0.05) is 28.1 Å². The average Bonchev–Trinajstić information content (AvgIpc) is 3.24. The number of aliphatic hydroxyl groups is 1. The van der Waals surface area contributed by atoms with Crippen molar-refractivity contribution in [2.75, 3.05) is 33.3 Å². The van der Waals surface area contributed by atoms with Gasteiger partial charge in [0.15, 0.2) is 17.3 Å². The zero-order valence-electron chi connectivity index (χ0n) is 18.1. The van der Waals surface area contributed by atoms with Crippen molar-refractivity contribution < 1.29 is 19.3 Å². The number of allylic oxidation sites excluding steroid dienone is 1. The SMILES string of the molecule is COc1cc(C2C=C(c3ccc(Br)cc3)Nc3nc(CCCO)nn32)cc(OC)c1OC. The molecular formula is C23H25BrN4O4. The van der Waals surface area contributed by atoms with Gasteiger partial charge < -0.3 is 24.6 Å². The molecule has 3 aromatic rings. The normalized spacial score (nSPS) is 14.9. The highest BCUT2D eigenvalue weighted by atomic mass is 79.9. The van der Waals surface area contributed by atoms with Gasteiger partial charge in [-0.15, -0.1) is 0 Å². The van der Waals surface area contributed by atoms with Crippen LogP contribution in [0.1, 0.15) is 29.4 Å². The molecule has 0 amide bonds. The van der Waals surface area contributed by atoms with E-state index in [4.69, 9.17) is 19.3 Å². The van der Waals surface area contributed by atoms with Crippen LogP contribution in [0.4, 0.5) is 5.95 Å². The number of nitrogens with zero attached hydrogens (tertiary/aromatic N) is 3. The Morgan fingerprint density at radius 2 is 1.75 bits per heavy atom. The molecule has 2 aromatic carbocycles. The van der Waals surface area contributed by atoms with Crippen molar-refractivity contribution in [2.45, 2.75) is 18.9 Å². The largest absolute Gasteiger partial charge is 0.493 e. The van der Waals surface area contributed by atoms with Crippen LogP contribution in [-0.4, -0.2) is 47.8 Å². The highest BCUT2D eigenvalue weighted by molar-refractivity contribution is 9.10. The van der Waals surface area contributed by atoms with E-state index in [9.17, 15) is 5.11 Å². The first-order valence-corrected chi connectivity index (χ1v) is 11.0. The summed E-state index contributed by atoms with van der Waals surface area (Å²) in [6, 6.07) is 11.7. The predicted octanol–water partition coefficient (Wildman–Crippen LogP) is 4.05. The fourth-order valence-electron chi connectivity index (χ4n) is 3.69. The van der Waals surface area contributed by atoms with Crippen molar-refractivity contribution in [2.24, 2.45) is 0 Å². The van der Waals surface area contributed by atoms with Crippen LogP contribution in [0, 0.1) is 0 Å². The number of methoxy groups -OCH3 is 3. The van der Waals surface area contributed by atoms with Crippen LogP contribution in [0.25, 0.3) is 5.70 Å². The van der Waals surface area contributed by atoms with E-state index in [0.29, 0.717) is 41.9 Å². The van der Waals surface area contributed by atoms with Crippen molar-refractivity contribution in [3.63, 3.8) is 0 Å². The van der Waals surface area contributed by atoms with Gasteiger partial charge in [-0.05, 0) is 47.9 Å². The monoisotopic (exact) mass is 500 g/mol. The van der Waals surface area contributed by atoms with E-state index in [-0.39, 0.29) is 12.6 Å². The van der Waals surface area contributed by atoms with Crippen LogP contribution in [0.2, 0.25) is 0 Å². The number of anilines is 1. The van der Waals surface area contributed by atoms with Gasteiger partial charge in [0.05, 0.1) is 21.3 Å². The summed E-state index contributed by atoms with van der Waals surface area (Å²) < 4.78 is 19.5. The second-order valence-electron chi connectivity index (χ2n) is 7.24. The van der Waals surface area contributed by atoms with Gasteiger partial charge in [0.25, 0.3) is 0 Å². The van der Waals surface area contributed by atoms with E-state index in [1.165, 1.54) is 0 Å². The van der Waals surface area contributed by atoms with Gasteiger partial charge in [0.1, 0.15) is 6.04 Å². The molecule has 4 rings (SSSR count). The summed E-state index contributed by atoms with van der Waals surface area (Å²) in [5, 5.41) is 17.3. The second-order valence-corrected chi connectivity index (χ2v) is 8.15. The van der Waals surface area contributed by atoms with Crippen molar-refractivity contribution in [1.82, 2.24) is 14.8 Å². The van der Waals surface area contributed by atoms with Crippen molar-refractivity contribution >= 4 is 27.6 Å². The number of fused-ring (bicyclic) bond motifs is 1. The van der Waals surface area contributed by atoms with Crippen molar-refractivity contribution in [1.29, 1.82) is 0 Å². The molecule has 9 heteroatoms. The molecular weight excluding hydrogens is 476 g/mol. The second kappa shape index (κ2) is 9.62. The molecule has 0 bridgehead atoms. The Labute approximate surface area is 195 Å². The Morgan fingerprint density at radius 1 is 1.06 bits per heavy atom. The Hall–Kier alpha value is -3.04. The first kappa shape index (κ1) is 22.2. The summed E-state index contributed by atoms with van der Waals surface area (Å²) in [7, 11) is 4.78. The number of ether oxygens (including phenoxy) is 3. The summed E-state index contributed by atoms with van der Waals surface area (Å²) in [6.45, 7) is 0.0933. The van der Waals surface area contributed by atoms with Crippen LogP contribution in [-0.2, 0) is 6.42 Å². The number of aliphatic hydroxyl groups excluding tert-OH is 1. The molecule has 0 aliphatic carbocycles. The van der Waals surface area contributed by atoms with Gasteiger partial charge in [-0.25, -0.2) is 4.68 Å². The zero-order valence-corrected chi connectivity index (χ0v) is 19.7. The maximum Gasteiger partial charge on any atom is 0.226 e. The Bertz CT molecular complexity index is 1100. The third kappa shape index (κ3) is 4.31. The van der Waals surface area contributed by atoms with E-state index in [1.54, 1.807) is 21.3 Å². The number of benzene rings is 2. The van der Waals surface area contributed by atoms with Gasteiger partial charge >= 0.3 is 0 Å². The quantitative estimate of drug-likeness (QED) is 0.482. The molecule has 2 N–H and O–H groups in total. The lowest BCUT2D eigenvalue weighted by Crippen LogP contribution is -2.20. The molecule has 168 valence electrons. The highest BCUT2D eigenvalue weighted by Crippen LogP contribution is 2.42. The van der Waals surface area contributed by atoms with Crippen LogP contribution >= 0.6 is 15.9 Å². The van der Waals surface area contributed by atoms with Crippen LogP contribution in [0.3, 0.4) is 0 Å². The molecule has 32 heavy (non-hydrogen) atoms. The maximum atomic E-state index is 9.21. The number of nitrogens with one attached hydrogen (secondary N) is 1. The van der Waals surface area contributed by atoms with Crippen LogP contribution in [0.5, 0.6) is 17.2 Å². The zero-order chi connectivity index (χ0) is 22.7. The maximum absolute atomic E-state index is 9.21. The van der Waals surface area contributed by atoms with Crippen molar-refractivity contribution in [3.05, 3.63) is 63.9 Å². The molecule has 1 unspecified atom stereocenters. The minimum Gasteiger partial charge on any atom is -0.493 e. The van der Waals surface area contributed by atoms with Crippen LogP contribution < -0.4 is 19.5 Å². The third-order valence-electron chi connectivity index (χ3n) is 5.25. The lowest BCUT2D eigenvalue weighted by molar-refractivity contribution is 0.287. The molecule has 0 saturated carbocycles. The number of aromatic nitrogens is 3. The van der Waals surface area contributed by atoms with E-state index >= 15 is 0 Å². The first-order chi connectivity index (χ1) is 15.6. The minimum absolute atomic E-state index is 0.0933. The lowest BCUT2D eigenvalue weighted by Gasteiger charge is -2.25. The molecule has 0 spiro atoms. The first-order valence-electron chi connectivity index (χ1n) is 10.2. The average molecular weight is 501 g/mol. The molecule has 0 fully saturated rings. The standard InChI is InChI=1S/C23H25BrN4O4/c1-30-19-11-15(12-20(31-2)22(19)32-3)18-13-17(14-6-8-16(24)9-7-14)25-23-26-21(5-4-10-29)27-28(18)23/h6-9,11-13,18,29H,4-5,10H2,1-3H3,(H,25,26,27). The number of aryl methyl sites for hydroxylation is 1. The molecule has 1 aromatic heterocycles. The Morgan fingerprint density at radius 3 is 2.34 bits per heavy atom. The fraction of sp³-hybridized carbons (Fsp3) is 0.304. The molecule has 8 nitrogen and oxygen atoms in total. The lowest BCUT2D eigenvalue weighted by atomic mass is 10.0. The molecule has 0 saturated heterocycles. The number of hydrogen-bond acceptors (Lipinski definition) is 7. The van der Waals surface area contributed by atoms with Crippen molar-refractivity contribution in [3.8, 4) is 17.2 Å². The summed E-state index contributed by atoms with van der Waals surface area (Å²) in [4.78, 5) is 4.67. The highest BCUT2D eigenvalue weighted by Gasteiger charge is 2.27. The number of halogens is 1. The molecule has 2 heterocycles. The Balaban J connectivity index is 1.84. The van der Waals surface area contributed by atoms with Gasteiger partial charge in [-0.3, -0.25) is 0 Å². The molecule has 1 aliphatic heterocycles. The van der Waals surface area contributed by atoms with E-state index < -0.39 is 0 Å². The molecule has 1 atom stereocenters. The topological polar surface area (TPSA) is 90.7 Å². The minimum atomic E-state index is -0.256. The van der Waals surface area contributed by atoms with E-state index in [2.05, 4.69) is 32.3 Å². The summed E-state index contributed by atoms with van der Waals surface area (Å²) >= 11 is 3.49. The van der Waals surface area contributed by atoms with Gasteiger partial charge in [-0.2, -0.15) is 10.1 Å². The third-order valence-corrected chi connectivity index (χ3v) is 5.78. The number of rotatable bonds is 8. The molecule has 1 aliphatic rings. The number of hydrogen-bond donors (Lipinski definition) is 2. The molecule has 0 radical (unpaired) electrons. The summed E-state index contributed by atoms with van der Waals surface area (Å²) in [5.74, 6) is 2.98. The summed E-state index contributed by atoms with van der Waals surface area (Å²) in [5.41, 5.74) is 2.86. The Kier molecular flexibility index (Phi) is 6.66. The van der Waals surface area contributed by atoms with E-state index in [0.717, 1.165) is 21.3 Å². The van der Waals surface area contributed by atoms with E-state index in [1.807, 2.05) is 41.1 Å².